The molecule has 0 spiro atoms. The van der Waals surface area contributed by atoms with E-state index >= 15 is 0 Å². The third-order valence-corrected chi connectivity index (χ3v) is 4.43. The van der Waals surface area contributed by atoms with Gasteiger partial charge in [-0.05, 0) is 17.7 Å². The van der Waals surface area contributed by atoms with Crippen molar-refractivity contribution < 1.29 is 0 Å². The molecule has 0 aliphatic rings. The van der Waals surface area contributed by atoms with E-state index in [2.05, 4.69) is 28.7 Å². The van der Waals surface area contributed by atoms with Crippen molar-refractivity contribution >= 4 is 45.6 Å². The Bertz CT molecular complexity index is 853. The van der Waals surface area contributed by atoms with Crippen LogP contribution in [-0.4, -0.2) is 4.57 Å². The third kappa shape index (κ3) is 4.02. The Kier molecular flexibility index (Phi) is 6.39. The van der Waals surface area contributed by atoms with E-state index in [1.54, 1.807) is 11.3 Å². The second kappa shape index (κ2) is 8.29. The maximum Gasteiger partial charge on any atom is 0.190 e. The van der Waals surface area contributed by atoms with Gasteiger partial charge in [-0.1, -0.05) is 60.1 Å². The molecule has 3 rings (SSSR count). The van der Waals surface area contributed by atoms with Gasteiger partial charge >= 0.3 is 0 Å². The molecule has 2 nitrogen and oxygen atoms in total. The smallest absolute Gasteiger partial charge is 0.190 e. The minimum Gasteiger partial charge on any atom is -0.313 e. The first-order valence-electron chi connectivity index (χ1n) is 6.93. The summed E-state index contributed by atoms with van der Waals surface area (Å²) in [4.78, 5) is 5.62. The van der Waals surface area contributed by atoms with Crippen molar-refractivity contribution in [3.05, 3.63) is 82.5 Å². The summed E-state index contributed by atoms with van der Waals surface area (Å²) in [5.74, 6) is 0. The van der Waals surface area contributed by atoms with Crippen LogP contribution in [0.1, 0.15) is 0 Å². The van der Waals surface area contributed by atoms with Gasteiger partial charge in [-0.2, -0.15) is 0 Å². The maximum atomic E-state index is 6.21. The van der Waals surface area contributed by atoms with Crippen LogP contribution in [0.3, 0.4) is 0 Å². The summed E-state index contributed by atoms with van der Waals surface area (Å²) in [6.07, 6.45) is 1.88. The molecule has 1 heterocycles. The van der Waals surface area contributed by atoms with Crippen LogP contribution in [0.5, 0.6) is 0 Å². The molecule has 0 aliphatic heterocycles. The van der Waals surface area contributed by atoms with E-state index in [1.807, 2.05) is 48.5 Å². The minimum atomic E-state index is 0. The highest BCUT2D eigenvalue weighted by molar-refractivity contribution is 8.93. The van der Waals surface area contributed by atoms with Gasteiger partial charge in [-0.25, -0.2) is 4.99 Å². The molecule has 0 radical (unpaired) electrons. The van der Waals surface area contributed by atoms with Crippen molar-refractivity contribution in [1.29, 1.82) is 0 Å². The standard InChI is InChI=1S/C18H15ClN2S.BrH/c1-2-12-21-17(14-8-4-3-5-9-14)13-22-18(21)20-16-11-7-6-10-15(16)19;/h2-11,13H,1,12H2;1H. The van der Waals surface area contributed by atoms with Gasteiger partial charge < -0.3 is 4.57 Å². The van der Waals surface area contributed by atoms with Crippen LogP contribution in [0.15, 0.2) is 77.6 Å². The van der Waals surface area contributed by atoms with Crippen molar-refractivity contribution in [2.75, 3.05) is 0 Å². The number of nitrogens with zero attached hydrogens (tertiary/aromatic N) is 2. The second-order valence-electron chi connectivity index (χ2n) is 4.73. The first kappa shape index (κ1) is 17.7. The number of para-hydroxylation sites is 1. The van der Waals surface area contributed by atoms with Crippen LogP contribution in [0.25, 0.3) is 11.3 Å². The molecule has 5 heteroatoms. The van der Waals surface area contributed by atoms with Gasteiger partial charge in [0.2, 0.25) is 0 Å². The quantitative estimate of drug-likeness (QED) is 0.481. The summed E-state index contributed by atoms with van der Waals surface area (Å²) in [5, 5.41) is 2.77. The number of halogens is 2. The lowest BCUT2D eigenvalue weighted by Gasteiger charge is -2.06. The van der Waals surface area contributed by atoms with E-state index in [-0.39, 0.29) is 17.0 Å². The van der Waals surface area contributed by atoms with Crippen molar-refractivity contribution in [3.63, 3.8) is 0 Å². The monoisotopic (exact) mass is 406 g/mol. The van der Waals surface area contributed by atoms with E-state index in [0.717, 1.165) is 16.2 Å². The zero-order chi connectivity index (χ0) is 15.4. The largest absolute Gasteiger partial charge is 0.313 e. The lowest BCUT2D eigenvalue weighted by Crippen LogP contribution is -2.14. The van der Waals surface area contributed by atoms with E-state index < -0.39 is 0 Å². The van der Waals surface area contributed by atoms with Gasteiger partial charge in [0.1, 0.15) is 0 Å². The van der Waals surface area contributed by atoms with Crippen LogP contribution in [0.2, 0.25) is 5.02 Å². The highest BCUT2D eigenvalue weighted by atomic mass is 79.9. The van der Waals surface area contributed by atoms with Crippen molar-refractivity contribution in [2.45, 2.75) is 6.54 Å². The Balaban J connectivity index is 0.00000192. The van der Waals surface area contributed by atoms with Gasteiger partial charge in [-0.3, -0.25) is 0 Å². The molecule has 0 bridgehead atoms. The molecule has 3 aromatic rings. The fraction of sp³-hybridized carbons (Fsp3) is 0.0556. The minimum absolute atomic E-state index is 0. The van der Waals surface area contributed by atoms with Gasteiger partial charge in [0.05, 0.1) is 16.4 Å². The third-order valence-electron chi connectivity index (χ3n) is 3.25. The summed E-state index contributed by atoms with van der Waals surface area (Å²) < 4.78 is 2.15. The summed E-state index contributed by atoms with van der Waals surface area (Å²) in [5.41, 5.74) is 3.08. The highest BCUT2D eigenvalue weighted by Gasteiger charge is 2.07. The zero-order valence-electron chi connectivity index (χ0n) is 12.4. The Morgan fingerprint density at radius 3 is 2.48 bits per heavy atom. The van der Waals surface area contributed by atoms with Crippen LogP contribution < -0.4 is 4.80 Å². The number of benzene rings is 2. The van der Waals surface area contributed by atoms with Crippen LogP contribution in [0, 0.1) is 0 Å². The molecule has 1 aromatic heterocycles. The molecule has 2 aromatic carbocycles. The average molecular weight is 408 g/mol. The molecule has 0 amide bonds. The van der Waals surface area contributed by atoms with E-state index in [1.165, 1.54) is 5.56 Å². The Hall–Kier alpha value is -1.62. The lowest BCUT2D eigenvalue weighted by molar-refractivity contribution is 0.800. The number of thiazole rings is 1. The number of hydrogen-bond donors (Lipinski definition) is 0. The fourth-order valence-corrected chi connectivity index (χ4v) is 3.32. The van der Waals surface area contributed by atoms with Gasteiger partial charge in [0.15, 0.2) is 4.80 Å². The first-order valence-corrected chi connectivity index (χ1v) is 8.19. The SMILES string of the molecule is Br.C=CCn1c(-c2ccccc2)csc1=Nc1ccccc1Cl. The molecule has 0 saturated carbocycles. The number of rotatable bonds is 4. The number of aromatic nitrogens is 1. The lowest BCUT2D eigenvalue weighted by atomic mass is 10.2. The van der Waals surface area contributed by atoms with E-state index in [4.69, 9.17) is 16.6 Å². The summed E-state index contributed by atoms with van der Waals surface area (Å²) in [6, 6.07) is 17.9. The number of allylic oxidation sites excluding steroid dienone is 1. The molecule has 0 aliphatic carbocycles. The average Bonchev–Trinajstić information content (AvgIpc) is 2.94. The zero-order valence-corrected chi connectivity index (χ0v) is 15.6. The van der Waals surface area contributed by atoms with E-state index in [0.29, 0.717) is 11.6 Å². The molecule has 0 unspecified atom stereocenters. The first-order chi connectivity index (χ1) is 10.8. The topological polar surface area (TPSA) is 17.3 Å². The van der Waals surface area contributed by atoms with Crippen LogP contribution in [0.4, 0.5) is 5.69 Å². The fourth-order valence-electron chi connectivity index (χ4n) is 2.21. The molecular formula is C18H16BrClN2S. The van der Waals surface area contributed by atoms with Crippen LogP contribution in [-0.2, 0) is 6.54 Å². The summed E-state index contributed by atoms with van der Waals surface area (Å²) >= 11 is 7.81. The molecule has 23 heavy (non-hydrogen) atoms. The Labute approximate surface area is 155 Å². The maximum absolute atomic E-state index is 6.21. The van der Waals surface area contributed by atoms with Gasteiger partial charge in [0, 0.05) is 11.9 Å². The molecule has 0 fully saturated rings. The van der Waals surface area contributed by atoms with E-state index in [9.17, 15) is 0 Å². The van der Waals surface area contributed by atoms with Crippen molar-refractivity contribution in [1.82, 2.24) is 4.57 Å². The van der Waals surface area contributed by atoms with Gasteiger partial charge in [0.25, 0.3) is 0 Å². The molecule has 0 atom stereocenters. The molecular weight excluding hydrogens is 392 g/mol. The predicted molar refractivity (Wildman–Crippen MR) is 105 cm³/mol. The molecule has 118 valence electrons. The highest BCUT2D eigenvalue weighted by Crippen LogP contribution is 2.24. The van der Waals surface area contributed by atoms with Crippen LogP contribution >= 0.6 is 39.9 Å². The molecule has 0 saturated heterocycles. The number of hydrogen-bond acceptors (Lipinski definition) is 2. The summed E-state index contributed by atoms with van der Waals surface area (Å²) in [6.45, 7) is 4.56. The Morgan fingerprint density at radius 2 is 1.78 bits per heavy atom. The van der Waals surface area contributed by atoms with Crippen molar-refractivity contribution in [2.24, 2.45) is 4.99 Å². The molecule has 0 N–H and O–H groups in total. The summed E-state index contributed by atoms with van der Waals surface area (Å²) in [7, 11) is 0. The second-order valence-corrected chi connectivity index (χ2v) is 5.98. The Morgan fingerprint density at radius 1 is 1.09 bits per heavy atom. The van der Waals surface area contributed by atoms with Crippen molar-refractivity contribution in [3.8, 4) is 11.3 Å². The predicted octanol–water partition coefficient (Wildman–Crippen LogP) is 5.87. The normalized spacial score (nSPS) is 11.1. The van der Waals surface area contributed by atoms with Gasteiger partial charge in [-0.15, -0.1) is 34.9 Å².